The lowest BCUT2D eigenvalue weighted by molar-refractivity contribution is -0.125. The van der Waals surface area contributed by atoms with E-state index in [1.54, 1.807) is 12.4 Å². The molecule has 184 valence electrons. The predicted octanol–water partition coefficient (Wildman–Crippen LogP) is 4.78. The molecule has 0 bridgehead atoms. The maximum Gasteiger partial charge on any atom is 0.261 e. The molecule has 6 heteroatoms. The highest BCUT2D eigenvalue weighted by Gasteiger charge is 2.62. The van der Waals surface area contributed by atoms with Gasteiger partial charge in [0.15, 0.2) is 6.61 Å². The van der Waals surface area contributed by atoms with Gasteiger partial charge >= 0.3 is 0 Å². The summed E-state index contributed by atoms with van der Waals surface area (Å²) >= 11 is 0. The molecule has 5 rings (SSSR count). The first-order chi connectivity index (χ1) is 16.2. The van der Waals surface area contributed by atoms with Crippen LogP contribution in [0.25, 0.3) is 0 Å². The number of oxime groups is 1. The summed E-state index contributed by atoms with van der Waals surface area (Å²) < 4.78 is 0. The first-order valence-corrected chi connectivity index (χ1v) is 13.0. The summed E-state index contributed by atoms with van der Waals surface area (Å²) in [6.45, 7) is 7.26. The molecule has 6 nitrogen and oxygen atoms in total. The summed E-state index contributed by atoms with van der Waals surface area (Å²) in [4.78, 5) is 21.6. The van der Waals surface area contributed by atoms with Gasteiger partial charge in [-0.05, 0) is 105 Å². The number of carbonyl (C=O) groups is 1. The lowest BCUT2D eigenvalue weighted by Gasteiger charge is -2.59. The van der Waals surface area contributed by atoms with Crippen molar-refractivity contribution < 1.29 is 14.7 Å². The van der Waals surface area contributed by atoms with Crippen molar-refractivity contribution in [2.75, 3.05) is 6.61 Å². The number of fused-ring (bicyclic) bond motifs is 5. The number of pyridine rings is 1. The maximum atomic E-state index is 12.1. The van der Waals surface area contributed by atoms with Crippen LogP contribution in [0.2, 0.25) is 0 Å². The van der Waals surface area contributed by atoms with Crippen LogP contribution in [0.4, 0.5) is 0 Å². The van der Waals surface area contributed by atoms with E-state index in [9.17, 15) is 9.90 Å². The van der Waals surface area contributed by atoms with Gasteiger partial charge in [0.2, 0.25) is 0 Å². The number of allylic oxidation sites excluding steroid dienone is 2. The van der Waals surface area contributed by atoms with E-state index < -0.39 is 5.60 Å². The Labute approximate surface area is 203 Å². The molecule has 0 radical (unpaired) electrons. The van der Waals surface area contributed by atoms with E-state index in [-0.39, 0.29) is 23.3 Å². The number of nitrogens with zero attached hydrogens (tertiary/aromatic N) is 2. The molecule has 0 spiro atoms. The number of hydrogen-bond donors (Lipinski definition) is 2. The molecule has 0 aliphatic heterocycles. The zero-order chi connectivity index (χ0) is 24.0. The summed E-state index contributed by atoms with van der Waals surface area (Å²) in [6, 6.07) is 3.78. The van der Waals surface area contributed by atoms with Crippen LogP contribution >= 0.6 is 0 Å². The second-order valence-electron chi connectivity index (χ2n) is 11.8. The van der Waals surface area contributed by atoms with E-state index in [1.165, 1.54) is 24.8 Å². The zero-order valence-electron chi connectivity index (χ0n) is 20.8. The third kappa shape index (κ3) is 3.98. The molecule has 34 heavy (non-hydrogen) atoms. The third-order valence-electron chi connectivity index (χ3n) is 10.1. The Balaban J connectivity index is 1.20. The molecule has 6 unspecified atom stereocenters. The lowest BCUT2D eigenvalue weighted by atomic mass is 9.46. The van der Waals surface area contributed by atoms with Crippen LogP contribution in [0, 0.1) is 28.6 Å². The van der Waals surface area contributed by atoms with Gasteiger partial charge in [0.05, 0.1) is 11.3 Å². The zero-order valence-corrected chi connectivity index (χ0v) is 20.8. The molecular formula is C28H39N3O3. The molecule has 1 aromatic heterocycles. The van der Waals surface area contributed by atoms with Crippen LogP contribution in [0.3, 0.4) is 0 Å². The van der Waals surface area contributed by atoms with Crippen molar-refractivity contribution in [3.8, 4) is 0 Å². The SMILES string of the molecule is CC12CCC(=NOCC(=O)NCc3cccnc3)C=C1CCC1C2CCC2(C)C1CCC2(C)O. The molecular weight excluding hydrogens is 426 g/mol. The fourth-order valence-corrected chi connectivity index (χ4v) is 7.81. The number of nitrogens with one attached hydrogen (secondary N) is 1. The van der Waals surface area contributed by atoms with E-state index in [0.717, 1.165) is 43.4 Å². The average Bonchev–Trinajstić information content (AvgIpc) is 3.07. The molecule has 3 fully saturated rings. The van der Waals surface area contributed by atoms with E-state index >= 15 is 0 Å². The topological polar surface area (TPSA) is 83.8 Å². The van der Waals surface area contributed by atoms with Gasteiger partial charge in [-0.2, -0.15) is 0 Å². The number of rotatable bonds is 5. The number of aliphatic hydroxyl groups is 1. The van der Waals surface area contributed by atoms with Crippen molar-refractivity contribution in [2.45, 2.75) is 84.3 Å². The number of aromatic nitrogens is 1. The Morgan fingerprint density at radius 3 is 2.79 bits per heavy atom. The third-order valence-corrected chi connectivity index (χ3v) is 10.1. The number of amides is 1. The summed E-state index contributed by atoms with van der Waals surface area (Å²) in [5.41, 5.74) is 3.19. The van der Waals surface area contributed by atoms with Gasteiger partial charge in [0.25, 0.3) is 5.91 Å². The van der Waals surface area contributed by atoms with E-state index in [1.807, 2.05) is 12.1 Å². The fraction of sp³-hybridized carbons (Fsp3) is 0.679. The minimum absolute atomic E-state index is 0.0679. The maximum absolute atomic E-state index is 12.1. The van der Waals surface area contributed by atoms with Crippen molar-refractivity contribution >= 4 is 11.6 Å². The van der Waals surface area contributed by atoms with Crippen LogP contribution in [0.15, 0.2) is 41.3 Å². The van der Waals surface area contributed by atoms with Gasteiger partial charge in [0, 0.05) is 18.9 Å². The second-order valence-corrected chi connectivity index (χ2v) is 11.8. The summed E-state index contributed by atoms with van der Waals surface area (Å²) in [6.07, 6.45) is 14.5. The monoisotopic (exact) mass is 465 g/mol. The highest BCUT2D eigenvalue weighted by Crippen LogP contribution is 2.67. The standard InChI is InChI=1S/C28H39N3O3/c1-26-11-8-21(31-34-18-25(32)30-17-19-5-4-14-29-16-19)15-20(26)6-7-22-23(26)9-12-27(2)24(22)10-13-28(27,3)33/h4-5,14-16,22-24,33H,6-13,17-18H2,1-3H3,(H,30,32). The quantitative estimate of drug-likeness (QED) is 0.613. The molecule has 3 saturated carbocycles. The van der Waals surface area contributed by atoms with E-state index in [0.29, 0.717) is 24.3 Å². The first kappa shape index (κ1) is 23.5. The van der Waals surface area contributed by atoms with Crippen molar-refractivity contribution in [3.63, 3.8) is 0 Å². The molecule has 0 saturated heterocycles. The minimum atomic E-state index is -0.520. The van der Waals surface area contributed by atoms with Crippen LogP contribution < -0.4 is 5.32 Å². The smallest absolute Gasteiger partial charge is 0.261 e. The lowest BCUT2D eigenvalue weighted by Crippen LogP contribution is -2.53. The average molecular weight is 466 g/mol. The number of carbonyl (C=O) groups excluding carboxylic acids is 1. The molecule has 2 N–H and O–H groups in total. The van der Waals surface area contributed by atoms with Crippen molar-refractivity contribution in [3.05, 3.63) is 41.7 Å². The van der Waals surface area contributed by atoms with Gasteiger partial charge in [-0.15, -0.1) is 0 Å². The summed E-state index contributed by atoms with van der Waals surface area (Å²) in [5, 5.41) is 18.3. The molecule has 0 aromatic carbocycles. The minimum Gasteiger partial charge on any atom is -0.390 e. The van der Waals surface area contributed by atoms with Gasteiger partial charge < -0.3 is 15.3 Å². The molecule has 1 amide bonds. The second kappa shape index (κ2) is 8.78. The Morgan fingerprint density at radius 1 is 1.18 bits per heavy atom. The van der Waals surface area contributed by atoms with Gasteiger partial charge in [-0.25, -0.2) is 0 Å². The molecule has 4 aliphatic rings. The van der Waals surface area contributed by atoms with E-state index in [4.69, 9.17) is 4.84 Å². The number of hydrogen-bond acceptors (Lipinski definition) is 5. The van der Waals surface area contributed by atoms with Crippen LogP contribution in [0.1, 0.15) is 77.7 Å². The van der Waals surface area contributed by atoms with Crippen LogP contribution in [0.5, 0.6) is 0 Å². The van der Waals surface area contributed by atoms with E-state index in [2.05, 4.69) is 42.3 Å². The highest BCUT2D eigenvalue weighted by molar-refractivity contribution is 5.96. The predicted molar refractivity (Wildman–Crippen MR) is 132 cm³/mol. The Kier molecular flexibility index (Phi) is 6.07. The van der Waals surface area contributed by atoms with Crippen molar-refractivity contribution in [1.82, 2.24) is 10.3 Å². The fourth-order valence-electron chi connectivity index (χ4n) is 7.81. The normalized spacial score (nSPS) is 40.1. The summed E-state index contributed by atoms with van der Waals surface area (Å²) in [5.74, 6) is 1.87. The molecule has 1 heterocycles. The van der Waals surface area contributed by atoms with Crippen LogP contribution in [-0.2, 0) is 16.2 Å². The molecule has 4 aliphatic carbocycles. The van der Waals surface area contributed by atoms with Gasteiger partial charge in [-0.3, -0.25) is 9.78 Å². The Bertz CT molecular complexity index is 988. The molecule has 6 atom stereocenters. The Morgan fingerprint density at radius 2 is 2.00 bits per heavy atom. The first-order valence-electron chi connectivity index (χ1n) is 13.0. The van der Waals surface area contributed by atoms with Crippen molar-refractivity contribution in [1.29, 1.82) is 0 Å². The van der Waals surface area contributed by atoms with Gasteiger partial charge in [0.1, 0.15) is 0 Å². The van der Waals surface area contributed by atoms with Crippen molar-refractivity contribution in [2.24, 2.45) is 33.7 Å². The Hall–Kier alpha value is -2.21. The largest absolute Gasteiger partial charge is 0.390 e. The highest BCUT2D eigenvalue weighted by atomic mass is 16.6. The summed E-state index contributed by atoms with van der Waals surface area (Å²) in [7, 11) is 0. The van der Waals surface area contributed by atoms with Crippen LogP contribution in [-0.4, -0.2) is 33.9 Å². The molecule has 1 aromatic rings. The van der Waals surface area contributed by atoms with Gasteiger partial charge in [-0.1, -0.05) is 30.6 Å².